The van der Waals surface area contributed by atoms with Crippen LogP contribution >= 0.6 is 23.2 Å². The van der Waals surface area contributed by atoms with Gasteiger partial charge in [0, 0.05) is 18.9 Å². The summed E-state index contributed by atoms with van der Waals surface area (Å²) in [6.07, 6.45) is 3.40. The summed E-state index contributed by atoms with van der Waals surface area (Å²) < 4.78 is 0. The molecule has 1 atom stereocenters. The fraction of sp³-hybridized carbons (Fsp3) is 0.200. The third kappa shape index (κ3) is 4.62. The van der Waals surface area contributed by atoms with Crippen LogP contribution in [0.4, 0.5) is 4.79 Å². The lowest BCUT2D eigenvalue weighted by Gasteiger charge is -2.15. The van der Waals surface area contributed by atoms with Crippen LogP contribution < -0.4 is 10.6 Å². The maximum atomic E-state index is 11.9. The minimum atomic E-state index is -0.252. The number of nitrogens with one attached hydrogen (secondary N) is 2. The molecule has 2 N–H and O–H groups in total. The molecule has 4 nitrogen and oxygen atoms in total. The van der Waals surface area contributed by atoms with E-state index in [1.807, 2.05) is 25.1 Å². The summed E-state index contributed by atoms with van der Waals surface area (Å²) in [5.41, 5.74) is 1.83. The van der Waals surface area contributed by atoms with Crippen LogP contribution in [0.1, 0.15) is 24.1 Å². The highest BCUT2D eigenvalue weighted by Crippen LogP contribution is 2.25. The Labute approximate surface area is 133 Å². The number of carbonyl (C=O) groups excluding carboxylic acids is 1. The highest BCUT2D eigenvalue weighted by atomic mass is 35.5. The number of benzene rings is 1. The predicted octanol–water partition coefficient (Wildman–Crippen LogP) is 3.95. The van der Waals surface area contributed by atoms with Gasteiger partial charge in [0.25, 0.3) is 0 Å². The number of carbonyl (C=O) groups is 1. The second-order valence-electron chi connectivity index (χ2n) is 4.58. The predicted molar refractivity (Wildman–Crippen MR) is 84.5 cm³/mol. The highest BCUT2D eigenvalue weighted by molar-refractivity contribution is 6.42. The molecule has 0 unspecified atom stereocenters. The second kappa shape index (κ2) is 7.29. The monoisotopic (exact) mass is 323 g/mol. The molecule has 0 saturated carbocycles. The number of hydrogen-bond acceptors (Lipinski definition) is 2. The summed E-state index contributed by atoms with van der Waals surface area (Å²) in [6.45, 7) is 2.30. The van der Waals surface area contributed by atoms with Gasteiger partial charge in [0.05, 0.1) is 16.1 Å². The van der Waals surface area contributed by atoms with Gasteiger partial charge in [-0.1, -0.05) is 35.3 Å². The van der Waals surface area contributed by atoms with Gasteiger partial charge in [-0.15, -0.1) is 0 Å². The fourth-order valence-corrected chi connectivity index (χ4v) is 2.10. The number of pyridine rings is 1. The molecular formula is C15H15Cl2N3O. The number of amides is 2. The first-order chi connectivity index (χ1) is 10.1. The van der Waals surface area contributed by atoms with Gasteiger partial charge in [0.15, 0.2) is 0 Å². The average molecular weight is 324 g/mol. The van der Waals surface area contributed by atoms with Crippen LogP contribution in [0.5, 0.6) is 0 Å². The Hall–Kier alpha value is -1.78. The molecule has 0 aliphatic rings. The van der Waals surface area contributed by atoms with Gasteiger partial charge < -0.3 is 10.6 Å². The SMILES string of the molecule is C[C@@H](NC(=O)NCc1cccnc1)c1ccc(Cl)c(Cl)c1. The quantitative estimate of drug-likeness (QED) is 0.895. The van der Waals surface area contributed by atoms with Gasteiger partial charge >= 0.3 is 6.03 Å². The molecule has 110 valence electrons. The summed E-state index contributed by atoms with van der Waals surface area (Å²) in [5.74, 6) is 0. The van der Waals surface area contributed by atoms with E-state index in [0.29, 0.717) is 16.6 Å². The minimum absolute atomic E-state index is 0.173. The number of rotatable bonds is 4. The molecule has 1 heterocycles. The van der Waals surface area contributed by atoms with Crippen molar-refractivity contribution in [3.8, 4) is 0 Å². The molecule has 0 bridgehead atoms. The van der Waals surface area contributed by atoms with Crippen molar-refractivity contribution >= 4 is 29.2 Å². The first kappa shape index (κ1) is 15.6. The van der Waals surface area contributed by atoms with Gasteiger partial charge in [0.1, 0.15) is 0 Å². The Balaban J connectivity index is 1.88. The Morgan fingerprint density at radius 3 is 2.76 bits per heavy atom. The normalized spacial score (nSPS) is 11.8. The molecule has 0 saturated heterocycles. The number of aromatic nitrogens is 1. The molecule has 2 aromatic rings. The van der Waals surface area contributed by atoms with E-state index in [0.717, 1.165) is 11.1 Å². The Morgan fingerprint density at radius 2 is 2.10 bits per heavy atom. The zero-order valence-electron chi connectivity index (χ0n) is 11.4. The van der Waals surface area contributed by atoms with E-state index in [1.165, 1.54) is 0 Å². The van der Waals surface area contributed by atoms with E-state index < -0.39 is 0 Å². The van der Waals surface area contributed by atoms with E-state index in [4.69, 9.17) is 23.2 Å². The number of nitrogens with zero attached hydrogens (tertiary/aromatic N) is 1. The second-order valence-corrected chi connectivity index (χ2v) is 5.40. The zero-order valence-corrected chi connectivity index (χ0v) is 12.9. The Kier molecular flexibility index (Phi) is 5.42. The van der Waals surface area contributed by atoms with E-state index in [-0.39, 0.29) is 12.1 Å². The van der Waals surface area contributed by atoms with Crippen molar-refractivity contribution in [2.75, 3.05) is 0 Å². The summed E-state index contributed by atoms with van der Waals surface area (Å²) in [5, 5.41) is 6.58. The van der Waals surface area contributed by atoms with Crippen molar-refractivity contribution in [3.63, 3.8) is 0 Å². The minimum Gasteiger partial charge on any atom is -0.334 e. The zero-order chi connectivity index (χ0) is 15.2. The summed E-state index contributed by atoms with van der Waals surface area (Å²) in [7, 11) is 0. The summed E-state index contributed by atoms with van der Waals surface area (Å²) >= 11 is 11.8. The fourth-order valence-electron chi connectivity index (χ4n) is 1.80. The molecule has 2 amide bonds. The number of halogens is 2. The molecule has 0 aliphatic heterocycles. The van der Waals surface area contributed by atoms with Gasteiger partial charge in [-0.25, -0.2) is 4.79 Å². The molecule has 21 heavy (non-hydrogen) atoms. The lowest BCUT2D eigenvalue weighted by atomic mass is 10.1. The van der Waals surface area contributed by atoms with Crippen LogP contribution in [0.15, 0.2) is 42.7 Å². The van der Waals surface area contributed by atoms with Crippen LogP contribution in [-0.4, -0.2) is 11.0 Å². The van der Waals surface area contributed by atoms with Gasteiger partial charge in [-0.3, -0.25) is 4.98 Å². The van der Waals surface area contributed by atoms with Crippen molar-refractivity contribution in [2.45, 2.75) is 19.5 Å². The molecule has 0 fully saturated rings. The largest absolute Gasteiger partial charge is 0.334 e. The molecule has 1 aromatic heterocycles. The Morgan fingerprint density at radius 1 is 1.29 bits per heavy atom. The number of urea groups is 1. The molecule has 0 spiro atoms. The molecule has 6 heteroatoms. The Bertz CT molecular complexity index is 620. The van der Waals surface area contributed by atoms with Crippen LogP contribution in [-0.2, 0) is 6.54 Å². The summed E-state index contributed by atoms with van der Waals surface area (Å²) in [6, 6.07) is 8.59. The number of hydrogen-bond donors (Lipinski definition) is 2. The van der Waals surface area contributed by atoms with E-state index in [2.05, 4.69) is 15.6 Å². The maximum Gasteiger partial charge on any atom is 0.315 e. The molecule has 2 rings (SSSR count). The average Bonchev–Trinajstić information content (AvgIpc) is 2.49. The smallest absolute Gasteiger partial charge is 0.315 e. The third-order valence-electron chi connectivity index (χ3n) is 2.97. The van der Waals surface area contributed by atoms with Crippen LogP contribution in [0, 0.1) is 0 Å². The van der Waals surface area contributed by atoms with E-state index >= 15 is 0 Å². The maximum absolute atomic E-state index is 11.9. The van der Waals surface area contributed by atoms with E-state index in [1.54, 1.807) is 24.5 Å². The molecular weight excluding hydrogens is 309 g/mol. The van der Waals surface area contributed by atoms with Crippen LogP contribution in [0.3, 0.4) is 0 Å². The third-order valence-corrected chi connectivity index (χ3v) is 3.71. The lowest BCUT2D eigenvalue weighted by molar-refractivity contribution is 0.237. The molecule has 0 aliphatic carbocycles. The van der Waals surface area contributed by atoms with Crippen LogP contribution in [0.2, 0.25) is 10.0 Å². The van der Waals surface area contributed by atoms with Gasteiger partial charge in [-0.05, 0) is 36.2 Å². The standard InChI is InChI=1S/C15H15Cl2N3O/c1-10(12-4-5-13(16)14(17)7-12)20-15(21)19-9-11-3-2-6-18-8-11/h2-8,10H,9H2,1H3,(H2,19,20,21)/t10-/m1/s1. The van der Waals surface area contributed by atoms with Crippen molar-refractivity contribution in [1.82, 2.24) is 15.6 Å². The topological polar surface area (TPSA) is 54.0 Å². The van der Waals surface area contributed by atoms with Crippen molar-refractivity contribution in [1.29, 1.82) is 0 Å². The van der Waals surface area contributed by atoms with Crippen molar-refractivity contribution in [3.05, 3.63) is 63.9 Å². The van der Waals surface area contributed by atoms with Gasteiger partial charge in [0.2, 0.25) is 0 Å². The summed E-state index contributed by atoms with van der Waals surface area (Å²) in [4.78, 5) is 15.8. The van der Waals surface area contributed by atoms with Gasteiger partial charge in [-0.2, -0.15) is 0 Å². The molecule has 0 radical (unpaired) electrons. The first-order valence-corrected chi connectivity index (χ1v) is 7.20. The molecule has 1 aromatic carbocycles. The van der Waals surface area contributed by atoms with E-state index in [9.17, 15) is 4.79 Å². The van der Waals surface area contributed by atoms with Crippen molar-refractivity contribution < 1.29 is 4.79 Å². The lowest BCUT2D eigenvalue weighted by Crippen LogP contribution is -2.36. The first-order valence-electron chi connectivity index (χ1n) is 6.44. The van der Waals surface area contributed by atoms with Crippen molar-refractivity contribution in [2.24, 2.45) is 0 Å². The highest BCUT2D eigenvalue weighted by Gasteiger charge is 2.10. The van der Waals surface area contributed by atoms with Crippen LogP contribution in [0.25, 0.3) is 0 Å².